The topological polar surface area (TPSA) is 90.4 Å². The Balaban J connectivity index is 1.77. The average molecular weight is 394 g/mol. The summed E-state index contributed by atoms with van der Waals surface area (Å²) in [5.74, 6) is 1.06. The van der Waals surface area contributed by atoms with Crippen LogP contribution in [0.3, 0.4) is 0 Å². The third-order valence-electron chi connectivity index (χ3n) is 4.07. The molecule has 1 aromatic carbocycles. The Morgan fingerprint density at radius 2 is 2.11 bits per heavy atom. The Kier molecular flexibility index (Phi) is 6.62. The van der Waals surface area contributed by atoms with Gasteiger partial charge in [-0.3, -0.25) is 4.79 Å². The fraction of sp³-hybridized carbons (Fsp3) is 0.444. The van der Waals surface area contributed by atoms with E-state index in [9.17, 15) is 9.90 Å². The molecule has 2 aromatic rings. The number of rotatable bonds is 8. The molecular formula is C18H22N2O6S. The van der Waals surface area contributed by atoms with Gasteiger partial charge in [0.1, 0.15) is 21.4 Å². The van der Waals surface area contributed by atoms with E-state index in [4.69, 9.17) is 18.9 Å². The van der Waals surface area contributed by atoms with Crippen molar-refractivity contribution in [1.82, 2.24) is 9.88 Å². The Morgan fingerprint density at radius 1 is 1.33 bits per heavy atom. The first-order valence-electron chi connectivity index (χ1n) is 8.46. The maximum Gasteiger partial charge on any atom is 0.265 e. The summed E-state index contributed by atoms with van der Waals surface area (Å²) in [6.07, 6.45) is 1.01. The first-order valence-corrected chi connectivity index (χ1v) is 9.28. The second kappa shape index (κ2) is 9.14. The molecule has 0 aliphatic carbocycles. The van der Waals surface area contributed by atoms with Crippen LogP contribution < -0.4 is 9.47 Å². The minimum Gasteiger partial charge on any atom is -0.497 e. The molecule has 9 heteroatoms. The molecule has 1 saturated heterocycles. The zero-order chi connectivity index (χ0) is 19.2. The molecule has 0 radical (unpaired) electrons. The molecule has 1 amide bonds. The molecule has 146 valence electrons. The van der Waals surface area contributed by atoms with Crippen LogP contribution in [0.25, 0.3) is 0 Å². The van der Waals surface area contributed by atoms with Crippen LogP contribution in [-0.4, -0.2) is 61.5 Å². The summed E-state index contributed by atoms with van der Waals surface area (Å²) in [6.45, 7) is 1.36. The molecule has 1 aromatic heterocycles. The zero-order valence-electron chi connectivity index (χ0n) is 15.2. The molecule has 0 spiro atoms. The van der Waals surface area contributed by atoms with Gasteiger partial charge in [-0.15, -0.1) is 11.3 Å². The fourth-order valence-corrected chi connectivity index (χ4v) is 3.60. The smallest absolute Gasteiger partial charge is 0.265 e. The van der Waals surface area contributed by atoms with E-state index in [2.05, 4.69) is 4.98 Å². The van der Waals surface area contributed by atoms with Crippen LogP contribution in [0.15, 0.2) is 24.4 Å². The first-order chi connectivity index (χ1) is 13.2. The van der Waals surface area contributed by atoms with Gasteiger partial charge in [0.2, 0.25) is 6.29 Å². The maximum absolute atomic E-state index is 12.9. The molecule has 1 fully saturated rings. The third-order valence-corrected chi connectivity index (χ3v) is 5.08. The predicted molar refractivity (Wildman–Crippen MR) is 98.1 cm³/mol. The summed E-state index contributed by atoms with van der Waals surface area (Å²) in [5, 5.41) is 10.0. The van der Waals surface area contributed by atoms with Crippen molar-refractivity contribution < 1.29 is 28.8 Å². The summed E-state index contributed by atoms with van der Waals surface area (Å²) in [5.41, 5.74) is 0.812. The van der Waals surface area contributed by atoms with E-state index in [0.29, 0.717) is 34.6 Å². The molecule has 27 heavy (non-hydrogen) atoms. The molecule has 0 atom stereocenters. The number of nitrogens with zero attached hydrogens (tertiary/aromatic N) is 2. The number of thiazole rings is 1. The number of amides is 1. The van der Waals surface area contributed by atoms with Crippen LogP contribution in [0.1, 0.15) is 26.5 Å². The highest BCUT2D eigenvalue weighted by atomic mass is 32.1. The van der Waals surface area contributed by atoms with Gasteiger partial charge in [-0.25, -0.2) is 4.98 Å². The highest BCUT2D eigenvalue weighted by Gasteiger charge is 2.25. The van der Waals surface area contributed by atoms with E-state index in [-0.39, 0.29) is 25.6 Å². The molecule has 3 rings (SSSR count). The molecule has 1 N–H and O–H groups in total. The molecule has 0 unspecified atom stereocenters. The van der Waals surface area contributed by atoms with Crippen LogP contribution >= 0.6 is 11.3 Å². The van der Waals surface area contributed by atoms with Crippen molar-refractivity contribution in [1.29, 1.82) is 0 Å². The second-order valence-electron chi connectivity index (χ2n) is 5.76. The number of aliphatic hydroxyl groups is 1. The summed E-state index contributed by atoms with van der Waals surface area (Å²) in [4.78, 5) is 19.2. The largest absolute Gasteiger partial charge is 0.497 e. The lowest BCUT2D eigenvalue weighted by atomic mass is 10.1. The molecular weight excluding hydrogens is 372 g/mol. The van der Waals surface area contributed by atoms with Gasteiger partial charge >= 0.3 is 0 Å². The summed E-state index contributed by atoms with van der Waals surface area (Å²) in [7, 11) is 3.14. The van der Waals surface area contributed by atoms with E-state index in [0.717, 1.165) is 5.56 Å². The van der Waals surface area contributed by atoms with Gasteiger partial charge in [0.05, 0.1) is 40.2 Å². The predicted octanol–water partition coefficient (Wildman–Crippen LogP) is 1.84. The van der Waals surface area contributed by atoms with Crippen LogP contribution in [0, 0.1) is 0 Å². The van der Waals surface area contributed by atoms with E-state index >= 15 is 0 Å². The highest BCUT2D eigenvalue weighted by molar-refractivity contribution is 7.13. The maximum atomic E-state index is 12.9. The van der Waals surface area contributed by atoms with E-state index < -0.39 is 6.29 Å². The van der Waals surface area contributed by atoms with Crippen molar-refractivity contribution in [2.24, 2.45) is 0 Å². The van der Waals surface area contributed by atoms with E-state index in [1.807, 2.05) is 6.07 Å². The molecule has 2 heterocycles. The summed E-state index contributed by atoms with van der Waals surface area (Å²) >= 11 is 1.23. The van der Waals surface area contributed by atoms with Gasteiger partial charge in [-0.05, 0) is 12.1 Å². The number of hydrogen-bond donors (Lipinski definition) is 1. The van der Waals surface area contributed by atoms with Gasteiger partial charge in [0.15, 0.2) is 0 Å². The van der Waals surface area contributed by atoms with Crippen molar-refractivity contribution in [2.45, 2.75) is 12.8 Å². The van der Waals surface area contributed by atoms with Crippen LogP contribution in [0.2, 0.25) is 0 Å². The Morgan fingerprint density at radius 3 is 2.78 bits per heavy atom. The van der Waals surface area contributed by atoms with Gasteiger partial charge in [-0.2, -0.15) is 0 Å². The second-order valence-corrected chi connectivity index (χ2v) is 6.83. The Bertz CT molecular complexity index is 775. The zero-order valence-corrected chi connectivity index (χ0v) is 16.0. The lowest BCUT2D eigenvalue weighted by Gasteiger charge is -2.22. The standard InChI is InChI=1S/C18H22N2O6S/c1-23-13-4-3-12(14(9-13)24-2)11-20(5-6-21)17(22)15-10-19-16(27-15)18-25-7-8-26-18/h3-4,9-10,18,21H,5-8,11H2,1-2H3. The van der Waals surface area contributed by atoms with E-state index in [1.165, 1.54) is 17.5 Å². The number of benzene rings is 1. The monoisotopic (exact) mass is 394 g/mol. The molecule has 1 aliphatic rings. The third kappa shape index (κ3) is 4.56. The average Bonchev–Trinajstić information content (AvgIpc) is 3.38. The minimum atomic E-state index is -0.510. The van der Waals surface area contributed by atoms with Gasteiger partial charge in [0.25, 0.3) is 5.91 Å². The van der Waals surface area contributed by atoms with Crippen molar-refractivity contribution in [3.8, 4) is 11.5 Å². The summed E-state index contributed by atoms with van der Waals surface area (Å²) in [6, 6.07) is 5.41. The minimum absolute atomic E-state index is 0.148. The van der Waals surface area contributed by atoms with Gasteiger partial charge in [0, 0.05) is 24.7 Å². The normalized spacial score (nSPS) is 14.3. The van der Waals surface area contributed by atoms with Crippen molar-refractivity contribution in [3.63, 3.8) is 0 Å². The quantitative estimate of drug-likeness (QED) is 0.731. The van der Waals surface area contributed by atoms with Gasteiger partial charge in [-0.1, -0.05) is 0 Å². The van der Waals surface area contributed by atoms with Crippen LogP contribution in [0.4, 0.5) is 0 Å². The first kappa shape index (κ1) is 19.6. The molecule has 8 nitrogen and oxygen atoms in total. The number of aliphatic hydroxyl groups excluding tert-OH is 1. The van der Waals surface area contributed by atoms with Crippen molar-refractivity contribution in [2.75, 3.05) is 40.6 Å². The number of hydrogen-bond acceptors (Lipinski definition) is 8. The fourth-order valence-electron chi connectivity index (χ4n) is 2.71. The molecule has 1 aliphatic heterocycles. The number of carbonyl (C=O) groups excluding carboxylic acids is 1. The van der Waals surface area contributed by atoms with Crippen molar-refractivity contribution >= 4 is 17.2 Å². The number of aromatic nitrogens is 1. The van der Waals surface area contributed by atoms with E-state index in [1.54, 1.807) is 31.3 Å². The SMILES string of the molecule is COc1ccc(CN(CCO)C(=O)c2cnc(C3OCCO3)s2)c(OC)c1. The Hall–Kier alpha value is -2.20. The number of carbonyl (C=O) groups is 1. The highest BCUT2D eigenvalue weighted by Crippen LogP contribution is 2.29. The molecule has 0 saturated carbocycles. The lowest BCUT2D eigenvalue weighted by Crippen LogP contribution is -2.32. The number of ether oxygens (including phenoxy) is 4. The van der Waals surface area contributed by atoms with Crippen molar-refractivity contribution in [3.05, 3.63) is 39.8 Å². The van der Waals surface area contributed by atoms with Crippen LogP contribution in [0.5, 0.6) is 11.5 Å². The van der Waals surface area contributed by atoms with Gasteiger partial charge < -0.3 is 29.0 Å². The lowest BCUT2D eigenvalue weighted by molar-refractivity contribution is -0.0442. The Labute approximate surface area is 161 Å². The number of methoxy groups -OCH3 is 2. The summed E-state index contributed by atoms with van der Waals surface area (Å²) < 4.78 is 21.4. The van der Waals surface area contributed by atoms with Crippen LogP contribution in [-0.2, 0) is 16.0 Å². The molecule has 0 bridgehead atoms.